The molecule has 0 bridgehead atoms. The summed E-state index contributed by atoms with van der Waals surface area (Å²) in [6.45, 7) is 1.06. The van der Waals surface area contributed by atoms with Gasteiger partial charge in [-0.15, -0.1) is 0 Å². The number of carbonyl (C=O) groups excluding carboxylic acids is 1. The van der Waals surface area contributed by atoms with E-state index in [1.54, 1.807) is 0 Å². The predicted molar refractivity (Wildman–Crippen MR) is 70.1 cm³/mol. The number of aliphatic hydroxyl groups is 1. The number of carbonyl (C=O) groups is 1. The Balaban J connectivity index is 1.90. The number of hydrogen-bond acceptors (Lipinski definition) is 4. The molecule has 0 spiro atoms. The van der Waals surface area contributed by atoms with Crippen LogP contribution in [0.25, 0.3) is 0 Å². The van der Waals surface area contributed by atoms with Crippen LogP contribution >= 0.6 is 0 Å². The van der Waals surface area contributed by atoms with Gasteiger partial charge in [0.25, 0.3) is 0 Å². The Morgan fingerprint density at radius 1 is 1.33 bits per heavy atom. The number of unbranched alkanes of at least 4 members (excludes halogenated alkanes) is 1. The molecule has 1 fully saturated rings. The maximum atomic E-state index is 11.2. The molecular weight excluding hydrogens is 232 g/mol. The zero-order valence-electron chi connectivity index (χ0n) is 11.1. The lowest BCUT2D eigenvalue weighted by Gasteiger charge is -2.21. The second-order valence-electron chi connectivity index (χ2n) is 4.92. The normalized spacial score (nSPS) is 18.6. The van der Waals surface area contributed by atoms with Gasteiger partial charge in [-0.1, -0.05) is 19.3 Å². The van der Waals surface area contributed by atoms with Crippen molar-refractivity contribution in [2.75, 3.05) is 19.8 Å². The molecule has 0 heterocycles. The van der Waals surface area contributed by atoms with Crippen LogP contribution in [0.3, 0.4) is 0 Å². The van der Waals surface area contributed by atoms with Crippen LogP contribution in [-0.4, -0.2) is 42.9 Å². The van der Waals surface area contributed by atoms with Gasteiger partial charge in [0.1, 0.15) is 6.04 Å². The predicted octanol–water partition coefficient (Wildman–Crippen LogP) is 0.552. The fraction of sp³-hybridized carbons (Fsp3) is 0.923. The largest absolute Gasteiger partial charge is 0.394 e. The highest BCUT2D eigenvalue weighted by molar-refractivity contribution is 5.81. The van der Waals surface area contributed by atoms with Crippen molar-refractivity contribution >= 4 is 5.91 Å². The van der Waals surface area contributed by atoms with Crippen molar-refractivity contribution < 1.29 is 14.6 Å². The molecule has 0 unspecified atom stereocenters. The molecule has 4 N–H and O–H groups in total. The van der Waals surface area contributed by atoms with Gasteiger partial charge in [-0.2, -0.15) is 0 Å². The van der Waals surface area contributed by atoms with E-state index in [-0.39, 0.29) is 12.5 Å². The lowest BCUT2D eigenvalue weighted by atomic mass is 9.98. The number of amides is 1. The van der Waals surface area contributed by atoms with Crippen LogP contribution in [0, 0.1) is 0 Å². The first-order valence-electron chi connectivity index (χ1n) is 7.00. The van der Waals surface area contributed by atoms with Gasteiger partial charge in [0.05, 0.1) is 12.7 Å². The molecule has 5 nitrogen and oxygen atoms in total. The summed E-state index contributed by atoms with van der Waals surface area (Å²) < 4.78 is 5.78. The molecule has 0 aromatic heterocycles. The van der Waals surface area contributed by atoms with E-state index in [0.717, 1.165) is 19.4 Å². The molecule has 5 heteroatoms. The number of nitrogens with one attached hydrogen (secondary N) is 1. The first kappa shape index (κ1) is 15.4. The van der Waals surface area contributed by atoms with Gasteiger partial charge >= 0.3 is 0 Å². The topological polar surface area (TPSA) is 84.6 Å². The molecule has 0 aliphatic heterocycles. The molecule has 1 saturated carbocycles. The summed E-state index contributed by atoms with van der Waals surface area (Å²) in [7, 11) is 0. The van der Waals surface area contributed by atoms with Crippen molar-refractivity contribution in [3.8, 4) is 0 Å². The number of nitrogens with two attached hydrogens (primary N) is 1. The average Bonchev–Trinajstić information content (AvgIpc) is 2.42. The third-order valence-corrected chi connectivity index (χ3v) is 3.31. The molecule has 1 atom stereocenters. The number of aliphatic hydroxyl groups excluding tert-OH is 1. The van der Waals surface area contributed by atoms with Gasteiger partial charge in [0.15, 0.2) is 0 Å². The Bertz CT molecular complexity index is 230. The van der Waals surface area contributed by atoms with E-state index >= 15 is 0 Å². The average molecular weight is 258 g/mol. The number of rotatable bonds is 8. The van der Waals surface area contributed by atoms with Crippen molar-refractivity contribution in [2.45, 2.75) is 57.1 Å². The second-order valence-corrected chi connectivity index (χ2v) is 4.92. The van der Waals surface area contributed by atoms with Crippen LogP contribution < -0.4 is 11.1 Å². The maximum absolute atomic E-state index is 11.2. The summed E-state index contributed by atoms with van der Waals surface area (Å²) in [6.07, 6.45) is 8.61. The minimum atomic E-state index is -0.802. The minimum absolute atomic E-state index is 0.286. The third kappa shape index (κ3) is 6.33. The van der Waals surface area contributed by atoms with Crippen molar-refractivity contribution in [1.82, 2.24) is 5.32 Å². The molecule has 0 saturated heterocycles. The summed E-state index contributed by atoms with van der Waals surface area (Å²) in [4.78, 5) is 11.2. The van der Waals surface area contributed by atoms with Crippen LogP contribution in [-0.2, 0) is 9.53 Å². The van der Waals surface area contributed by atoms with Gasteiger partial charge in [-0.3, -0.25) is 4.79 Å². The Morgan fingerprint density at radius 2 is 2.06 bits per heavy atom. The molecule has 1 amide bonds. The summed E-state index contributed by atoms with van der Waals surface area (Å²) in [5.74, 6) is -0.286. The quantitative estimate of drug-likeness (QED) is 0.555. The summed E-state index contributed by atoms with van der Waals surface area (Å²) in [5.41, 5.74) is 5.37. The van der Waals surface area contributed by atoms with Gasteiger partial charge in [-0.25, -0.2) is 0 Å². The zero-order chi connectivity index (χ0) is 13.2. The standard InChI is InChI=1S/C13H26N2O3/c14-12(10-16)13(17)15-8-4-5-9-18-11-6-2-1-3-7-11/h11-12,16H,1-10,14H2,(H,15,17)/t12-/m0/s1. The van der Waals surface area contributed by atoms with Gasteiger partial charge < -0.3 is 20.9 Å². The minimum Gasteiger partial charge on any atom is -0.394 e. The number of ether oxygens (including phenoxy) is 1. The van der Waals surface area contributed by atoms with Crippen molar-refractivity contribution in [1.29, 1.82) is 0 Å². The highest BCUT2D eigenvalue weighted by Crippen LogP contribution is 2.20. The molecular formula is C13H26N2O3. The molecule has 0 radical (unpaired) electrons. The van der Waals surface area contributed by atoms with E-state index in [1.807, 2.05) is 0 Å². The van der Waals surface area contributed by atoms with E-state index in [2.05, 4.69) is 5.32 Å². The van der Waals surface area contributed by atoms with Gasteiger partial charge in [0.2, 0.25) is 5.91 Å². The van der Waals surface area contributed by atoms with Crippen molar-refractivity contribution in [3.63, 3.8) is 0 Å². The van der Waals surface area contributed by atoms with Gasteiger partial charge in [-0.05, 0) is 25.7 Å². The van der Waals surface area contributed by atoms with Crippen LogP contribution in [0.4, 0.5) is 0 Å². The van der Waals surface area contributed by atoms with Crippen LogP contribution in [0.2, 0.25) is 0 Å². The molecule has 0 aromatic rings. The monoisotopic (exact) mass is 258 g/mol. The first-order chi connectivity index (χ1) is 8.74. The fourth-order valence-electron chi connectivity index (χ4n) is 2.13. The molecule has 18 heavy (non-hydrogen) atoms. The van der Waals surface area contributed by atoms with E-state index in [9.17, 15) is 4.79 Å². The molecule has 106 valence electrons. The third-order valence-electron chi connectivity index (χ3n) is 3.31. The highest BCUT2D eigenvalue weighted by atomic mass is 16.5. The summed E-state index contributed by atoms with van der Waals surface area (Å²) >= 11 is 0. The Kier molecular flexibility index (Phi) is 7.96. The van der Waals surface area contributed by atoms with Crippen LogP contribution in [0.15, 0.2) is 0 Å². The Hall–Kier alpha value is -0.650. The van der Waals surface area contributed by atoms with E-state index in [0.29, 0.717) is 12.6 Å². The van der Waals surface area contributed by atoms with E-state index in [1.165, 1.54) is 32.1 Å². The Morgan fingerprint density at radius 3 is 2.72 bits per heavy atom. The first-order valence-corrected chi connectivity index (χ1v) is 7.00. The second kappa shape index (κ2) is 9.30. The van der Waals surface area contributed by atoms with Crippen LogP contribution in [0.5, 0.6) is 0 Å². The van der Waals surface area contributed by atoms with Crippen molar-refractivity contribution in [2.24, 2.45) is 5.73 Å². The van der Waals surface area contributed by atoms with E-state index in [4.69, 9.17) is 15.6 Å². The molecule has 1 rings (SSSR count). The number of hydrogen-bond donors (Lipinski definition) is 3. The SMILES string of the molecule is N[C@@H](CO)C(=O)NCCCCOC1CCCCC1. The van der Waals surface area contributed by atoms with Crippen molar-refractivity contribution in [3.05, 3.63) is 0 Å². The molecule has 0 aromatic carbocycles. The smallest absolute Gasteiger partial charge is 0.239 e. The highest BCUT2D eigenvalue weighted by Gasteiger charge is 2.13. The maximum Gasteiger partial charge on any atom is 0.239 e. The lowest BCUT2D eigenvalue weighted by Crippen LogP contribution is -2.43. The zero-order valence-corrected chi connectivity index (χ0v) is 11.1. The molecule has 1 aliphatic carbocycles. The summed E-state index contributed by atoms with van der Waals surface area (Å²) in [5, 5.41) is 11.4. The lowest BCUT2D eigenvalue weighted by molar-refractivity contribution is -0.123. The fourth-order valence-corrected chi connectivity index (χ4v) is 2.13. The van der Waals surface area contributed by atoms with Crippen LogP contribution in [0.1, 0.15) is 44.9 Å². The Labute approximate surface area is 109 Å². The van der Waals surface area contributed by atoms with Gasteiger partial charge in [0, 0.05) is 13.2 Å². The molecule has 1 aliphatic rings. The summed E-state index contributed by atoms with van der Waals surface area (Å²) in [6, 6.07) is -0.802. The van der Waals surface area contributed by atoms with E-state index < -0.39 is 6.04 Å².